The van der Waals surface area contributed by atoms with Crippen molar-refractivity contribution in [1.82, 2.24) is 11.0 Å². The van der Waals surface area contributed by atoms with Gasteiger partial charge in [0, 0.05) is 5.92 Å². The molecule has 0 aromatic carbocycles. The van der Waals surface area contributed by atoms with Crippen LogP contribution in [0.5, 0.6) is 0 Å². The van der Waals surface area contributed by atoms with E-state index in [0.29, 0.717) is 10.6 Å². The summed E-state index contributed by atoms with van der Waals surface area (Å²) in [7, 11) is 3.95. The normalized spacial score (nSPS) is 22.7. The van der Waals surface area contributed by atoms with Crippen LogP contribution < -0.4 is 11.0 Å². The van der Waals surface area contributed by atoms with E-state index in [4.69, 9.17) is 0 Å². The van der Waals surface area contributed by atoms with Gasteiger partial charge in [0.15, 0.2) is 5.84 Å². The molecule has 0 radical (unpaired) electrons. The zero-order valence-corrected chi connectivity index (χ0v) is 6.97. The summed E-state index contributed by atoms with van der Waals surface area (Å²) in [4.78, 5) is 0. The van der Waals surface area contributed by atoms with Crippen molar-refractivity contribution in [3.63, 3.8) is 0 Å². The number of hydrogen-bond acceptors (Lipinski definition) is 3. The number of rotatable bonds is 1. The molecule has 1 rings (SSSR count). The highest BCUT2D eigenvalue weighted by Gasteiger charge is 2.25. The number of quaternary nitrogens is 1. The van der Waals surface area contributed by atoms with E-state index in [1.165, 1.54) is 0 Å². The fourth-order valence-corrected chi connectivity index (χ4v) is 0.773. The van der Waals surface area contributed by atoms with E-state index in [2.05, 4.69) is 29.9 Å². The van der Waals surface area contributed by atoms with Crippen LogP contribution in [0.2, 0.25) is 0 Å². The van der Waals surface area contributed by atoms with Crippen LogP contribution in [0.25, 0.3) is 0 Å². The molecule has 4 heteroatoms. The molecule has 0 aromatic rings. The summed E-state index contributed by atoms with van der Waals surface area (Å²) in [5.41, 5.74) is 6.03. The van der Waals surface area contributed by atoms with Crippen molar-refractivity contribution in [3.8, 4) is 0 Å². The Morgan fingerprint density at radius 3 is 2.20 bits per heavy atom. The maximum atomic E-state index is 4.35. The van der Waals surface area contributed by atoms with Crippen molar-refractivity contribution in [3.05, 3.63) is 0 Å². The van der Waals surface area contributed by atoms with Gasteiger partial charge in [0.1, 0.15) is 14.1 Å². The van der Waals surface area contributed by atoms with Gasteiger partial charge >= 0.3 is 0 Å². The van der Waals surface area contributed by atoms with E-state index >= 15 is 0 Å². The summed E-state index contributed by atoms with van der Waals surface area (Å²) in [6.07, 6.45) is 0. The Labute approximate surface area is 61.4 Å². The number of hydrogen-bond donors (Lipinski definition) is 2. The maximum Gasteiger partial charge on any atom is 0.181 e. The summed E-state index contributed by atoms with van der Waals surface area (Å²) >= 11 is 0. The molecule has 0 aromatic heterocycles. The van der Waals surface area contributed by atoms with Gasteiger partial charge in [-0.2, -0.15) is 0 Å². The summed E-state index contributed by atoms with van der Waals surface area (Å²) in [5.74, 6) is 1.48. The monoisotopic (exact) mass is 143 g/mol. The van der Waals surface area contributed by atoms with Crippen molar-refractivity contribution in [1.29, 1.82) is 0 Å². The number of amidine groups is 1. The highest BCUT2D eigenvalue weighted by molar-refractivity contribution is 5.83. The van der Waals surface area contributed by atoms with Crippen LogP contribution in [-0.2, 0) is 0 Å². The lowest BCUT2D eigenvalue weighted by Crippen LogP contribution is -2.48. The molecule has 1 aliphatic rings. The molecule has 1 aliphatic heterocycles. The van der Waals surface area contributed by atoms with Crippen LogP contribution >= 0.6 is 0 Å². The second kappa shape index (κ2) is 2.21. The molecule has 0 fully saturated rings. The van der Waals surface area contributed by atoms with Crippen molar-refractivity contribution < 1.29 is 4.70 Å². The van der Waals surface area contributed by atoms with Gasteiger partial charge in [-0.3, -0.25) is 5.43 Å². The molecule has 0 spiro atoms. The van der Waals surface area contributed by atoms with Gasteiger partial charge in [-0.1, -0.05) is 13.8 Å². The molecule has 4 nitrogen and oxygen atoms in total. The van der Waals surface area contributed by atoms with Gasteiger partial charge in [-0.25, -0.2) is 0 Å². The van der Waals surface area contributed by atoms with E-state index in [0.717, 1.165) is 5.84 Å². The molecule has 1 heterocycles. The lowest BCUT2D eigenvalue weighted by molar-refractivity contribution is -0.938. The second-order valence-electron chi connectivity index (χ2n) is 3.27. The van der Waals surface area contributed by atoms with E-state index in [-0.39, 0.29) is 0 Å². The standard InChI is InChI=1S/C6H15N4/c1-5(2)6-7-9-10(3,4)8-6/h5,9H,1-4H3,(H,7,8)/q+1. The van der Waals surface area contributed by atoms with Gasteiger partial charge in [0.05, 0.1) is 0 Å². The second-order valence-corrected chi connectivity index (χ2v) is 3.27. The zero-order valence-electron chi connectivity index (χ0n) is 6.97. The van der Waals surface area contributed by atoms with Crippen LogP contribution in [-0.4, -0.2) is 24.6 Å². The predicted molar refractivity (Wildman–Crippen MR) is 40.7 cm³/mol. The average molecular weight is 143 g/mol. The first-order chi connectivity index (χ1) is 4.51. The van der Waals surface area contributed by atoms with E-state index in [1.807, 2.05) is 14.1 Å². The van der Waals surface area contributed by atoms with Crippen molar-refractivity contribution in [2.45, 2.75) is 13.8 Å². The quantitative estimate of drug-likeness (QED) is 0.509. The Kier molecular flexibility index (Phi) is 1.66. The Morgan fingerprint density at radius 2 is 2.00 bits per heavy atom. The maximum absolute atomic E-state index is 4.35. The third kappa shape index (κ3) is 1.46. The van der Waals surface area contributed by atoms with Crippen LogP contribution in [0.3, 0.4) is 0 Å². The first-order valence-electron chi connectivity index (χ1n) is 3.49. The van der Waals surface area contributed by atoms with Gasteiger partial charge in [0.2, 0.25) is 0 Å². The van der Waals surface area contributed by atoms with Crippen LogP contribution in [0.4, 0.5) is 0 Å². The number of hydrazine groups is 1. The average Bonchev–Trinajstić information content (AvgIpc) is 2.10. The van der Waals surface area contributed by atoms with Crippen molar-refractivity contribution >= 4 is 5.84 Å². The summed E-state index contributed by atoms with van der Waals surface area (Å²) in [6, 6.07) is 0. The molecule has 58 valence electrons. The lowest BCUT2D eigenvalue weighted by atomic mass is 10.2. The summed E-state index contributed by atoms with van der Waals surface area (Å²) in [5, 5.41) is 4.35. The zero-order chi connectivity index (χ0) is 7.78. The Balaban J connectivity index is 2.66. The molecule has 10 heavy (non-hydrogen) atoms. The van der Waals surface area contributed by atoms with Crippen LogP contribution in [0.1, 0.15) is 13.8 Å². The van der Waals surface area contributed by atoms with Crippen molar-refractivity contribution in [2.75, 3.05) is 14.1 Å². The Morgan fingerprint density at radius 1 is 1.40 bits per heavy atom. The summed E-state index contributed by atoms with van der Waals surface area (Å²) < 4.78 is 0.466. The molecule has 2 N–H and O–H groups in total. The van der Waals surface area contributed by atoms with E-state index in [1.54, 1.807) is 0 Å². The largest absolute Gasteiger partial charge is 0.258 e. The van der Waals surface area contributed by atoms with Gasteiger partial charge in [-0.15, -0.1) is 4.70 Å². The highest BCUT2D eigenvalue weighted by atomic mass is 15.9. The Bertz CT molecular complexity index is 159. The highest BCUT2D eigenvalue weighted by Crippen LogP contribution is 2.03. The molecule has 0 saturated carbocycles. The van der Waals surface area contributed by atoms with Crippen LogP contribution in [0.15, 0.2) is 5.10 Å². The molecule has 0 amide bonds. The smallest absolute Gasteiger partial charge is 0.181 e. The molecule has 0 bridgehead atoms. The minimum atomic E-state index is 0.465. The lowest BCUT2D eigenvalue weighted by Gasteiger charge is -2.13. The fourth-order valence-electron chi connectivity index (χ4n) is 0.773. The van der Waals surface area contributed by atoms with E-state index < -0.39 is 0 Å². The molecule has 0 saturated heterocycles. The SMILES string of the molecule is CC(C)C1=N[N+](C)(C)NN1. The topological polar surface area (TPSA) is 36.4 Å². The van der Waals surface area contributed by atoms with Crippen LogP contribution in [0, 0.1) is 5.92 Å². The number of nitrogens with one attached hydrogen (secondary N) is 2. The summed E-state index contributed by atoms with van der Waals surface area (Å²) in [6.45, 7) is 4.22. The fraction of sp³-hybridized carbons (Fsp3) is 0.833. The first-order valence-corrected chi connectivity index (χ1v) is 3.49. The molecular weight excluding hydrogens is 128 g/mol. The number of nitrogens with zero attached hydrogens (tertiary/aromatic N) is 2. The van der Waals surface area contributed by atoms with Crippen molar-refractivity contribution in [2.24, 2.45) is 11.0 Å². The molecular formula is C6H15N4+. The van der Waals surface area contributed by atoms with Gasteiger partial charge < -0.3 is 0 Å². The molecule has 0 aliphatic carbocycles. The van der Waals surface area contributed by atoms with Gasteiger partial charge in [0.25, 0.3) is 0 Å². The minimum absolute atomic E-state index is 0.465. The van der Waals surface area contributed by atoms with Gasteiger partial charge in [-0.05, 0) is 10.6 Å². The third-order valence-corrected chi connectivity index (χ3v) is 1.36. The van der Waals surface area contributed by atoms with E-state index in [9.17, 15) is 0 Å². The molecule has 0 unspecified atom stereocenters. The predicted octanol–water partition coefficient (Wildman–Crippen LogP) is 0.0551. The minimum Gasteiger partial charge on any atom is -0.258 e. The third-order valence-electron chi connectivity index (χ3n) is 1.36. The first kappa shape index (κ1) is 7.50. The molecule has 0 atom stereocenters. The Hall–Kier alpha value is -0.610.